The molecule has 3 atom stereocenters. The summed E-state index contributed by atoms with van der Waals surface area (Å²) in [5.74, 6) is -1.08. The molecule has 1 aromatic heterocycles. The van der Waals surface area contributed by atoms with Crippen molar-refractivity contribution >= 4 is 0 Å². The quantitative estimate of drug-likeness (QED) is 0.657. The Morgan fingerprint density at radius 3 is 2.88 bits per heavy atom. The molecule has 1 unspecified atom stereocenters. The van der Waals surface area contributed by atoms with Gasteiger partial charge < -0.3 is 14.8 Å². The molecule has 1 aliphatic heterocycles. The molecule has 2 N–H and O–H groups in total. The zero-order valence-electron chi connectivity index (χ0n) is 8.22. The first kappa shape index (κ1) is 11.0. The topological polar surface area (TPSA) is 84.3 Å². The summed E-state index contributed by atoms with van der Waals surface area (Å²) in [5, 5.41) is 9.37. The maximum absolute atomic E-state index is 13.0. The fourth-order valence-corrected chi connectivity index (χ4v) is 1.60. The molecule has 0 saturated carbocycles. The van der Waals surface area contributed by atoms with Crippen LogP contribution in [0.5, 0.6) is 0 Å². The second kappa shape index (κ2) is 3.84. The second-order valence-electron chi connectivity index (χ2n) is 3.55. The molecule has 6 nitrogen and oxygen atoms in total. The Morgan fingerprint density at radius 1 is 1.62 bits per heavy atom. The molecule has 0 aromatic carbocycles. The minimum atomic E-state index is -1.08. The minimum absolute atomic E-state index is 0.0284. The summed E-state index contributed by atoms with van der Waals surface area (Å²) in [6.07, 6.45) is -1.88. The molecular formula is C9H10FN2O4. The number of nitrogens with one attached hydrogen (secondary N) is 1. The number of hydrogen-bond acceptors (Lipinski definition) is 4. The third kappa shape index (κ3) is 1.68. The number of nitrogens with zero attached hydrogens (tertiary/aromatic N) is 1. The first-order valence-electron chi connectivity index (χ1n) is 4.67. The van der Waals surface area contributed by atoms with Crippen molar-refractivity contribution in [3.63, 3.8) is 0 Å². The van der Waals surface area contributed by atoms with E-state index in [1.807, 2.05) is 0 Å². The van der Waals surface area contributed by atoms with Gasteiger partial charge in [-0.2, -0.15) is 4.39 Å². The molecule has 2 heterocycles. The van der Waals surface area contributed by atoms with Crippen LogP contribution in [0, 0.1) is 12.7 Å². The molecule has 7 heteroatoms. The van der Waals surface area contributed by atoms with Crippen LogP contribution in [-0.2, 0) is 4.74 Å². The molecule has 1 radical (unpaired) electrons. The summed E-state index contributed by atoms with van der Waals surface area (Å²) in [7, 11) is 0. The lowest BCUT2D eigenvalue weighted by molar-refractivity contribution is 0.00119. The van der Waals surface area contributed by atoms with Gasteiger partial charge in [-0.1, -0.05) is 0 Å². The lowest BCUT2D eigenvalue weighted by atomic mass is 10.2. The third-order valence-corrected chi connectivity index (χ3v) is 2.46. The number of aliphatic hydroxyl groups excluding tert-OH is 1. The molecule has 16 heavy (non-hydrogen) atoms. The summed E-state index contributed by atoms with van der Waals surface area (Å²) in [4.78, 5) is 24.8. The standard InChI is InChI=1S/C9H10FN2O4/c1-4-6(13)2-7(16-4)12-8(14)5(10)3-11-9(12)15/h3-4,6-7,13H,1-2H2,(H,11,15)/t4-,6+,7?/m1/s1. The zero-order valence-corrected chi connectivity index (χ0v) is 8.22. The highest BCUT2D eigenvalue weighted by Crippen LogP contribution is 2.25. The highest BCUT2D eigenvalue weighted by Gasteiger charge is 2.33. The smallest absolute Gasteiger partial charge is 0.330 e. The highest BCUT2D eigenvalue weighted by molar-refractivity contribution is 4.91. The maximum atomic E-state index is 13.0. The van der Waals surface area contributed by atoms with E-state index in [1.165, 1.54) is 0 Å². The predicted octanol–water partition coefficient (Wildman–Crippen LogP) is -0.842. The lowest BCUT2D eigenvalue weighted by Crippen LogP contribution is -2.39. The van der Waals surface area contributed by atoms with E-state index < -0.39 is 35.5 Å². The van der Waals surface area contributed by atoms with Crippen LogP contribution in [0.15, 0.2) is 15.8 Å². The Labute approximate surface area is 89.3 Å². The van der Waals surface area contributed by atoms with Crippen LogP contribution in [0.2, 0.25) is 0 Å². The van der Waals surface area contributed by atoms with Gasteiger partial charge in [-0.25, -0.2) is 9.36 Å². The zero-order chi connectivity index (χ0) is 11.9. The SMILES string of the molecule is [CH2][C@H]1OC(n2c(=O)[nH]cc(F)c2=O)C[C@@H]1O. The Bertz CT molecular complexity index is 499. The normalized spacial score (nSPS) is 29.6. The molecule has 0 bridgehead atoms. The first-order chi connectivity index (χ1) is 7.50. The minimum Gasteiger partial charge on any atom is -0.390 e. The van der Waals surface area contributed by atoms with Crippen molar-refractivity contribution in [3.05, 3.63) is 39.8 Å². The first-order valence-corrected chi connectivity index (χ1v) is 4.67. The summed E-state index contributed by atoms with van der Waals surface area (Å²) in [6, 6.07) is 0. The molecule has 0 spiro atoms. The Morgan fingerprint density at radius 2 is 2.31 bits per heavy atom. The van der Waals surface area contributed by atoms with Crippen molar-refractivity contribution in [2.45, 2.75) is 24.9 Å². The molecule has 1 aliphatic rings. The van der Waals surface area contributed by atoms with Crippen LogP contribution in [0.3, 0.4) is 0 Å². The van der Waals surface area contributed by atoms with Gasteiger partial charge in [-0.15, -0.1) is 0 Å². The molecule has 0 amide bonds. The number of aromatic amines is 1. The van der Waals surface area contributed by atoms with Crippen LogP contribution >= 0.6 is 0 Å². The van der Waals surface area contributed by atoms with Crippen molar-refractivity contribution in [2.75, 3.05) is 0 Å². The number of aliphatic hydroxyl groups is 1. The van der Waals surface area contributed by atoms with Crippen molar-refractivity contribution in [1.82, 2.24) is 9.55 Å². The van der Waals surface area contributed by atoms with Crippen molar-refractivity contribution in [1.29, 1.82) is 0 Å². The molecule has 0 aliphatic carbocycles. The third-order valence-electron chi connectivity index (χ3n) is 2.46. The molecule has 2 rings (SSSR count). The van der Waals surface area contributed by atoms with Gasteiger partial charge in [0.05, 0.1) is 12.2 Å². The van der Waals surface area contributed by atoms with Gasteiger partial charge in [0.15, 0.2) is 0 Å². The van der Waals surface area contributed by atoms with E-state index in [2.05, 4.69) is 11.9 Å². The van der Waals surface area contributed by atoms with Gasteiger partial charge in [-0.3, -0.25) is 4.79 Å². The highest BCUT2D eigenvalue weighted by atomic mass is 19.1. The van der Waals surface area contributed by atoms with E-state index in [4.69, 9.17) is 4.74 Å². The lowest BCUT2D eigenvalue weighted by Gasteiger charge is -2.12. The van der Waals surface area contributed by atoms with Crippen LogP contribution in [0.4, 0.5) is 4.39 Å². The molecule has 87 valence electrons. The van der Waals surface area contributed by atoms with E-state index in [0.29, 0.717) is 10.8 Å². The molecular weight excluding hydrogens is 219 g/mol. The van der Waals surface area contributed by atoms with Gasteiger partial charge in [0, 0.05) is 12.6 Å². The summed E-state index contributed by atoms with van der Waals surface area (Å²) >= 11 is 0. The number of halogens is 1. The Hall–Kier alpha value is -1.47. The van der Waals surface area contributed by atoms with Crippen molar-refractivity contribution in [3.8, 4) is 0 Å². The fraction of sp³-hybridized carbons (Fsp3) is 0.444. The van der Waals surface area contributed by atoms with E-state index in [-0.39, 0.29) is 6.42 Å². The number of ether oxygens (including phenoxy) is 1. The second-order valence-corrected chi connectivity index (χ2v) is 3.55. The van der Waals surface area contributed by atoms with Gasteiger partial charge in [0.2, 0.25) is 5.82 Å². The Balaban J connectivity index is 2.46. The maximum Gasteiger partial charge on any atom is 0.330 e. The van der Waals surface area contributed by atoms with E-state index in [9.17, 15) is 19.1 Å². The van der Waals surface area contributed by atoms with Gasteiger partial charge in [0.1, 0.15) is 6.23 Å². The predicted molar refractivity (Wildman–Crippen MR) is 51.2 cm³/mol. The van der Waals surface area contributed by atoms with Crippen LogP contribution < -0.4 is 11.2 Å². The monoisotopic (exact) mass is 229 g/mol. The fourth-order valence-electron chi connectivity index (χ4n) is 1.60. The number of rotatable bonds is 1. The van der Waals surface area contributed by atoms with Crippen molar-refractivity contribution in [2.24, 2.45) is 0 Å². The number of hydrogen-bond donors (Lipinski definition) is 2. The van der Waals surface area contributed by atoms with Gasteiger partial charge in [0.25, 0.3) is 5.56 Å². The largest absolute Gasteiger partial charge is 0.390 e. The van der Waals surface area contributed by atoms with Crippen LogP contribution in [0.1, 0.15) is 12.6 Å². The average molecular weight is 229 g/mol. The van der Waals surface area contributed by atoms with E-state index in [1.54, 1.807) is 0 Å². The number of aromatic nitrogens is 2. The summed E-state index contributed by atoms with van der Waals surface area (Å²) in [5.41, 5.74) is -1.85. The summed E-state index contributed by atoms with van der Waals surface area (Å²) < 4.78 is 18.7. The van der Waals surface area contributed by atoms with E-state index in [0.717, 1.165) is 0 Å². The molecule has 1 fully saturated rings. The molecule has 1 aromatic rings. The van der Waals surface area contributed by atoms with E-state index >= 15 is 0 Å². The number of H-pyrrole nitrogens is 1. The Kier molecular flexibility index (Phi) is 2.64. The summed E-state index contributed by atoms with van der Waals surface area (Å²) in [6.45, 7) is 3.48. The van der Waals surface area contributed by atoms with Crippen LogP contribution in [0.25, 0.3) is 0 Å². The average Bonchev–Trinajstić information content (AvgIpc) is 2.54. The van der Waals surface area contributed by atoms with Crippen LogP contribution in [-0.4, -0.2) is 26.9 Å². The molecule has 1 saturated heterocycles. The van der Waals surface area contributed by atoms with Crippen molar-refractivity contribution < 1.29 is 14.2 Å². The van der Waals surface area contributed by atoms with Gasteiger partial charge in [-0.05, 0) is 6.92 Å². The van der Waals surface area contributed by atoms with Gasteiger partial charge >= 0.3 is 5.69 Å².